The summed E-state index contributed by atoms with van der Waals surface area (Å²) in [4.78, 5) is 43.4. The fraction of sp³-hybridized carbons (Fsp3) is 0.810. The number of nitrogens with zero attached hydrogens (tertiary/aromatic N) is 3. The lowest BCUT2D eigenvalue weighted by molar-refractivity contribution is -0.320. The molecule has 0 spiro atoms. The zero-order valence-corrected chi connectivity index (χ0v) is 49.3. The molecule has 3 saturated heterocycles. The van der Waals surface area contributed by atoms with Crippen molar-refractivity contribution in [3.05, 3.63) is 45.7 Å². The van der Waals surface area contributed by atoms with Crippen LogP contribution in [0.4, 0.5) is 0 Å². The van der Waals surface area contributed by atoms with Gasteiger partial charge in [-0.1, -0.05) is 26.8 Å². The molecule has 0 radical (unpaired) electrons. The second-order valence-corrected chi connectivity index (χ2v) is 23.6. The predicted octanol–water partition coefficient (Wildman–Crippen LogP) is 5.01. The number of carboxylic acid groups (broad SMARTS) is 1. The molecular weight excluding hydrogens is 1010 g/mol. The van der Waals surface area contributed by atoms with Crippen LogP contribution in [0, 0.1) is 17.8 Å². The lowest BCUT2D eigenvalue weighted by atomic mass is 9.77. The van der Waals surface area contributed by atoms with Gasteiger partial charge in [-0.2, -0.15) is 0 Å². The Balaban J connectivity index is 1.28. The fourth-order valence-electron chi connectivity index (χ4n) is 12.2. The number of carbonyl (C=O) groups excluding carboxylic acids is 1. The van der Waals surface area contributed by atoms with Gasteiger partial charge in [-0.25, -0.2) is 4.79 Å². The van der Waals surface area contributed by atoms with Crippen LogP contribution in [0.25, 0.3) is 10.9 Å². The lowest BCUT2D eigenvalue weighted by Gasteiger charge is -2.49. The van der Waals surface area contributed by atoms with Crippen LogP contribution in [-0.4, -0.2) is 210 Å². The van der Waals surface area contributed by atoms with Gasteiger partial charge >= 0.3 is 11.9 Å². The molecule has 3 aliphatic rings. The molecule has 20 nitrogen and oxygen atoms in total. The third kappa shape index (κ3) is 16.1. The number of ether oxygens (including phenoxy) is 9. The molecule has 18 atom stereocenters. The Labute approximate surface area is 462 Å². The van der Waals surface area contributed by atoms with Gasteiger partial charge in [0.05, 0.1) is 53.7 Å². The van der Waals surface area contributed by atoms with Crippen molar-refractivity contribution in [2.24, 2.45) is 17.8 Å². The predicted molar refractivity (Wildman–Crippen MR) is 293 cm³/mol. The molecule has 4 heterocycles. The van der Waals surface area contributed by atoms with Crippen molar-refractivity contribution in [3.8, 4) is 0 Å². The molecule has 0 bridgehead atoms. The van der Waals surface area contributed by atoms with E-state index in [0.29, 0.717) is 76.1 Å². The maximum absolute atomic E-state index is 14.6. The van der Waals surface area contributed by atoms with E-state index in [1.54, 1.807) is 52.5 Å². The van der Waals surface area contributed by atoms with Gasteiger partial charge in [-0.05, 0) is 138 Å². The van der Waals surface area contributed by atoms with E-state index in [9.17, 15) is 39.9 Å². The number of hydrogen-bond acceptors (Lipinski definition) is 18. The van der Waals surface area contributed by atoms with E-state index in [4.69, 9.17) is 42.6 Å². The number of aromatic carboxylic acids is 1. The molecule has 3 fully saturated rings. The first kappa shape index (κ1) is 65.6. The minimum atomic E-state index is -1.84. The fourth-order valence-corrected chi connectivity index (χ4v) is 12.2. The van der Waals surface area contributed by atoms with Gasteiger partial charge < -0.3 is 82.5 Å². The van der Waals surface area contributed by atoms with Gasteiger partial charge in [0.1, 0.15) is 35.6 Å². The minimum Gasteiger partial charge on any atom is -0.477 e. The number of likely N-dealkylation sites (N-methyl/N-ethyl adjacent to an activating group) is 2. The number of pyridine rings is 1. The van der Waals surface area contributed by atoms with Gasteiger partial charge in [-0.3, -0.25) is 9.59 Å². The Morgan fingerprint density at radius 1 is 0.897 bits per heavy atom. The minimum absolute atomic E-state index is 0.174. The number of carboxylic acids is 1. The van der Waals surface area contributed by atoms with Crippen molar-refractivity contribution < 1.29 is 77.8 Å². The average Bonchev–Trinajstić information content (AvgIpc) is 3.38. The van der Waals surface area contributed by atoms with Crippen molar-refractivity contribution in [1.82, 2.24) is 14.4 Å². The number of rotatable bonds is 21. The van der Waals surface area contributed by atoms with Crippen molar-refractivity contribution in [2.45, 2.75) is 217 Å². The first-order valence-electron chi connectivity index (χ1n) is 28.2. The van der Waals surface area contributed by atoms with Crippen LogP contribution in [0.1, 0.15) is 130 Å². The number of methoxy groups -OCH3 is 2. The van der Waals surface area contributed by atoms with E-state index in [1.807, 2.05) is 77.7 Å². The highest BCUT2D eigenvalue weighted by Crippen LogP contribution is 2.41. The summed E-state index contributed by atoms with van der Waals surface area (Å²) in [5.74, 6) is -3.96. The van der Waals surface area contributed by atoms with Gasteiger partial charge in [-0.15, -0.1) is 0 Å². The Hall–Kier alpha value is -3.19. The van der Waals surface area contributed by atoms with Crippen molar-refractivity contribution in [1.29, 1.82) is 0 Å². The maximum atomic E-state index is 14.6. The van der Waals surface area contributed by atoms with Crippen molar-refractivity contribution in [3.63, 3.8) is 0 Å². The molecule has 5 N–H and O–H groups in total. The topological polar surface area (TPSA) is 247 Å². The second kappa shape index (κ2) is 28.7. The largest absolute Gasteiger partial charge is 0.477 e. The number of unbranched alkanes of at least 4 members (excludes halogenated alkanes) is 1. The van der Waals surface area contributed by atoms with Gasteiger partial charge in [0.15, 0.2) is 12.6 Å². The van der Waals surface area contributed by atoms with Crippen LogP contribution in [0.2, 0.25) is 0 Å². The molecule has 5 rings (SSSR count). The Bertz CT molecular complexity index is 2280. The summed E-state index contributed by atoms with van der Waals surface area (Å²) in [7, 11) is 8.80. The summed E-state index contributed by atoms with van der Waals surface area (Å²) in [6.45, 7) is 20.6. The molecule has 2 aromatic rings. The number of aromatic nitrogens is 1. The van der Waals surface area contributed by atoms with Crippen LogP contribution in [-0.2, 0) is 60.4 Å². The second-order valence-electron chi connectivity index (χ2n) is 23.6. The van der Waals surface area contributed by atoms with Crippen molar-refractivity contribution >= 4 is 22.8 Å². The number of benzene rings is 1. The highest BCUT2D eigenvalue weighted by Gasteiger charge is 2.53. The van der Waals surface area contributed by atoms with E-state index in [1.165, 1.54) is 13.1 Å². The summed E-state index contributed by atoms with van der Waals surface area (Å²) in [5, 5.41) is 58.2. The normalized spacial score (nSPS) is 37.0. The quantitative estimate of drug-likeness (QED) is 0.0814. The van der Waals surface area contributed by atoms with E-state index in [2.05, 4.69) is 0 Å². The summed E-state index contributed by atoms with van der Waals surface area (Å²) >= 11 is 0. The van der Waals surface area contributed by atoms with E-state index < -0.39 is 107 Å². The number of fused-ring (bicyclic) bond motifs is 1. The first-order valence-corrected chi connectivity index (χ1v) is 28.2. The van der Waals surface area contributed by atoms with E-state index in [-0.39, 0.29) is 42.9 Å². The SMILES string of the molecule is CC[C@H]1OC(=O)[C@H](C)[C@@H](O[C@H]2C[C@@](C)(OC)[C@@H](OCCCCOCCCc3ccc4c(c3)c(=O)c(C(=O)O)cn4CCOC)[C@H](C)O2)[C@H](C)[C@@H](O[C@@H]2O[C@H](C)C[C@H](N(C)C)[C@H]2O)[C@](C)(O)C[C@@H](C)CN(C)[C@H](C)[C@@H](O)[C@]1(C)O. The lowest BCUT2D eigenvalue weighted by Crippen LogP contribution is -2.61. The zero-order chi connectivity index (χ0) is 58.0. The van der Waals surface area contributed by atoms with Crippen molar-refractivity contribution in [2.75, 3.05) is 68.3 Å². The highest BCUT2D eigenvalue weighted by atomic mass is 16.7. The molecular formula is C58H97N3O17. The van der Waals surface area contributed by atoms with Crippen LogP contribution in [0.5, 0.6) is 0 Å². The van der Waals surface area contributed by atoms with Crippen LogP contribution < -0.4 is 5.43 Å². The summed E-state index contributed by atoms with van der Waals surface area (Å²) in [6, 6.07) is 4.70. The number of cyclic esters (lactones) is 1. The third-order valence-electron chi connectivity index (χ3n) is 16.8. The Kier molecular flexibility index (Phi) is 24.1. The monoisotopic (exact) mass is 1110 g/mol. The molecule has 1 aromatic carbocycles. The molecule has 0 saturated carbocycles. The Morgan fingerprint density at radius 2 is 1.58 bits per heavy atom. The molecule has 1 aromatic heterocycles. The van der Waals surface area contributed by atoms with Crippen LogP contribution >= 0.6 is 0 Å². The summed E-state index contributed by atoms with van der Waals surface area (Å²) < 4.78 is 58.5. The number of hydrogen-bond donors (Lipinski definition) is 5. The smallest absolute Gasteiger partial charge is 0.341 e. The number of esters is 1. The average molecular weight is 1110 g/mol. The molecule has 20 heteroatoms. The molecule has 78 heavy (non-hydrogen) atoms. The molecule has 0 amide bonds. The number of aliphatic hydroxyl groups excluding tert-OH is 2. The van der Waals surface area contributed by atoms with Gasteiger partial charge in [0.2, 0.25) is 5.43 Å². The molecule has 3 aliphatic heterocycles. The summed E-state index contributed by atoms with van der Waals surface area (Å²) in [6.07, 6.45) is -3.72. The molecule has 446 valence electrons. The van der Waals surface area contributed by atoms with E-state index >= 15 is 0 Å². The zero-order valence-electron chi connectivity index (χ0n) is 49.3. The highest BCUT2D eigenvalue weighted by molar-refractivity contribution is 5.92. The Morgan fingerprint density at radius 3 is 2.22 bits per heavy atom. The number of aliphatic hydroxyl groups is 4. The third-order valence-corrected chi connectivity index (χ3v) is 16.8. The summed E-state index contributed by atoms with van der Waals surface area (Å²) in [5.41, 5.74) is -3.58. The number of aryl methyl sites for hydroxylation is 1. The first-order chi connectivity index (χ1) is 36.6. The standard InChI is InChI=1S/C58H97N3O17/c1-16-45-58(10,69)50(64)38(6)60(13)32-34(2)30-56(8,68)51(78-55-48(63)44(59(11)12)28-35(3)74-55)36(4)49(37(5)54(67)76-45)77-46-31-57(9,71-15)52(39(7)75-46)73-26-18-17-24-72-25-19-20-40-21-22-43-41(29-40)47(62)42(53(65)66)33-61(43)23-27-70-14/h21-22,29,33-39,44-46,48-52,55,63-64,68-69H,16-20,23-28,30-32H2,1-15H3,(H,65,66)/t34-,35-,36+,37-,38-,39+,44+,45-,46+,48-,49+,50-,51-,52+,55+,56-,57-,58-/m1/s1. The van der Waals surface area contributed by atoms with Crippen LogP contribution in [0.15, 0.2) is 29.2 Å². The maximum Gasteiger partial charge on any atom is 0.341 e. The van der Waals surface area contributed by atoms with Crippen LogP contribution in [0.3, 0.4) is 0 Å². The molecule has 0 unspecified atom stereocenters. The molecule has 0 aliphatic carbocycles. The number of carbonyl (C=O) groups is 2. The van der Waals surface area contributed by atoms with Gasteiger partial charge in [0, 0.05) is 83.1 Å². The van der Waals surface area contributed by atoms with E-state index in [0.717, 1.165) is 12.0 Å². The van der Waals surface area contributed by atoms with Gasteiger partial charge in [0.25, 0.3) is 0 Å².